The third kappa shape index (κ3) is 3.44. The van der Waals surface area contributed by atoms with E-state index >= 15 is 0 Å². The molecular formula is C24H31O9-. The Labute approximate surface area is 191 Å². The number of aromatic hydroxyl groups is 1. The predicted octanol–water partition coefficient (Wildman–Crippen LogP) is -0.455. The number of aliphatic hydroxyl groups excluding tert-OH is 4. The predicted molar refractivity (Wildman–Crippen MR) is 111 cm³/mol. The van der Waals surface area contributed by atoms with Gasteiger partial charge in [0.25, 0.3) is 0 Å². The number of carbonyl (C=O) groups excluding carboxylic acids is 1. The van der Waals surface area contributed by atoms with Gasteiger partial charge in [0.15, 0.2) is 11.5 Å². The van der Waals surface area contributed by atoms with E-state index in [4.69, 9.17) is 9.47 Å². The molecule has 182 valence electrons. The lowest BCUT2D eigenvalue weighted by atomic mass is 9.55. The molecule has 0 amide bonds. The highest BCUT2D eigenvalue weighted by atomic mass is 16.7. The van der Waals surface area contributed by atoms with Crippen LogP contribution in [0.2, 0.25) is 0 Å². The molecule has 1 aromatic rings. The first kappa shape index (κ1) is 22.9. The molecule has 0 spiro atoms. The van der Waals surface area contributed by atoms with Gasteiger partial charge in [-0.2, -0.15) is 0 Å². The number of phenols is 1. The first-order chi connectivity index (χ1) is 15.6. The molecule has 0 aromatic heterocycles. The number of hydrogen-bond acceptors (Lipinski definition) is 9. The van der Waals surface area contributed by atoms with Crippen molar-refractivity contribution in [2.75, 3.05) is 0 Å². The number of phenolic OH excluding ortho intramolecular Hbond substituents is 1. The van der Waals surface area contributed by atoms with Crippen LogP contribution in [-0.4, -0.2) is 68.3 Å². The lowest BCUT2D eigenvalue weighted by Crippen LogP contribution is -2.63. The average molecular weight is 464 g/mol. The summed E-state index contributed by atoms with van der Waals surface area (Å²) in [4.78, 5) is 11.3. The van der Waals surface area contributed by atoms with Crippen molar-refractivity contribution in [3.05, 3.63) is 23.3 Å². The van der Waals surface area contributed by atoms with E-state index in [1.165, 1.54) is 6.07 Å². The van der Waals surface area contributed by atoms with Crippen LogP contribution in [0.25, 0.3) is 0 Å². The SMILES string of the molecule is C[C@]12CC[C@@H]3c4ccc(O)c(O[C@@H]5O[C@H](C(=O)[O-])[C@@H](O)[C@H](O)[C@H]5O)c4CC[C@H]3[C@@H]1CC[C@@H]2O. The van der Waals surface area contributed by atoms with E-state index < -0.39 is 36.7 Å². The largest absolute Gasteiger partial charge is 0.547 e. The Kier molecular flexibility index (Phi) is 5.61. The Balaban J connectivity index is 1.44. The van der Waals surface area contributed by atoms with E-state index in [2.05, 4.69) is 6.92 Å². The lowest BCUT2D eigenvalue weighted by Gasteiger charge is -2.50. The topological polar surface area (TPSA) is 160 Å². The van der Waals surface area contributed by atoms with Gasteiger partial charge in [-0.15, -0.1) is 0 Å². The maximum absolute atomic E-state index is 11.3. The highest BCUT2D eigenvalue weighted by Crippen LogP contribution is 2.61. The standard InChI is InChI=1S/C24H32O9/c1-24-9-8-11-10-4-6-15(25)20(13(10)3-2-12(11)14(24)5-7-16(24)26)32-23-19(29)17(27)18(28)21(33-23)22(30)31/h4,6,11-12,14,16-19,21,23,25-29H,2-3,5,7-9H2,1H3,(H,30,31)/p-1/t11-,12-,14+,16+,17+,18+,19-,21+,23-,24+/m1/s1. The van der Waals surface area contributed by atoms with Gasteiger partial charge in [0, 0.05) is 5.56 Å². The molecule has 5 rings (SSSR count). The van der Waals surface area contributed by atoms with Gasteiger partial charge >= 0.3 is 0 Å². The van der Waals surface area contributed by atoms with E-state index in [-0.39, 0.29) is 28.9 Å². The second-order valence-electron chi connectivity index (χ2n) is 10.4. The van der Waals surface area contributed by atoms with Crippen LogP contribution in [0.3, 0.4) is 0 Å². The zero-order chi connectivity index (χ0) is 23.7. The van der Waals surface area contributed by atoms with Gasteiger partial charge in [0.2, 0.25) is 6.29 Å². The molecule has 0 radical (unpaired) electrons. The third-order valence-corrected chi connectivity index (χ3v) is 8.83. The third-order valence-electron chi connectivity index (χ3n) is 8.83. The summed E-state index contributed by atoms with van der Waals surface area (Å²) in [6, 6.07) is 3.41. The molecule has 0 unspecified atom stereocenters. The number of carboxylic acid groups (broad SMARTS) is 1. The van der Waals surface area contributed by atoms with Crippen LogP contribution in [0.15, 0.2) is 12.1 Å². The van der Waals surface area contributed by atoms with Crippen LogP contribution < -0.4 is 9.84 Å². The molecule has 1 saturated heterocycles. The van der Waals surface area contributed by atoms with Gasteiger partial charge < -0.3 is 44.9 Å². The van der Waals surface area contributed by atoms with E-state index in [9.17, 15) is 35.4 Å². The lowest BCUT2D eigenvalue weighted by molar-refractivity contribution is -0.342. The molecule has 5 N–H and O–H groups in total. The summed E-state index contributed by atoms with van der Waals surface area (Å²) in [5, 5.41) is 62.7. The minimum Gasteiger partial charge on any atom is -0.547 e. The second kappa shape index (κ2) is 8.09. The summed E-state index contributed by atoms with van der Waals surface area (Å²) in [6.07, 6.45) is -4.05. The Bertz CT molecular complexity index is 935. The highest BCUT2D eigenvalue weighted by Gasteiger charge is 2.55. The van der Waals surface area contributed by atoms with Crippen LogP contribution in [0.5, 0.6) is 11.5 Å². The number of fused-ring (bicyclic) bond motifs is 5. The van der Waals surface area contributed by atoms with E-state index in [1.807, 2.05) is 6.07 Å². The highest BCUT2D eigenvalue weighted by molar-refractivity contribution is 5.71. The van der Waals surface area contributed by atoms with Crippen LogP contribution in [0.4, 0.5) is 0 Å². The molecule has 1 aromatic carbocycles. The summed E-state index contributed by atoms with van der Waals surface area (Å²) in [6.45, 7) is 2.20. The van der Waals surface area contributed by atoms with Crippen molar-refractivity contribution in [1.29, 1.82) is 0 Å². The van der Waals surface area contributed by atoms with Gasteiger partial charge in [-0.25, -0.2) is 0 Å². The van der Waals surface area contributed by atoms with Gasteiger partial charge in [0.1, 0.15) is 24.4 Å². The van der Waals surface area contributed by atoms with Gasteiger partial charge in [-0.1, -0.05) is 13.0 Å². The molecule has 2 saturated carbocycles. The van der Waals surface area contributed by atoms with Crippen LogP contribution >= 0.6 is 0 Å². The molecule has 10 atom stereocenters. The molecule has 4 aliphatic rings. The van der Waals surface area contributed by atoms with E-state index in [0.29, 0.717) is 18.3 Å². The van der Waals surface area contributed by atoms with Gasteiger partial charge in [-0.05, 0) is 73.3 Å². The van der Waals surface area contributed by atoms with Crippen molar-refractivity contribution in [3.8, 4) is 11.5 Å². The van der Waals surface area contributed by atoms with Crippen molar-refractivity contribution >= 4 is 5.97 Å². The van der Waals surface area contributed by atoms with Crippen molar-refractivity contribution in [1.82, 2.24) is 0 Å². The molecule has 0 bridgehead atoms. The van der Waals surface area contributed by atoms with E-state index in [0.717, 1.165) is 43.2 Å². The van der Waals surface area contributed by atoms with Crippen LogP contribution in [0.1, 0.15) is 56.1 Å². The second-order valence-corrected chi connectivity index (χ2v) is 10.4. The smallest absolute Gasteiger partial charge is 0.229 e. The molecule has 1 aliphatic heterocycles. The maximum atomic E-state index is 11.3. The van der Waals surface area contributed by atoms with Gasteiger partial charge in [0.05, 0.1) is 12.1 Å². The Hall–Kier alpha value is -1.91. The monoisotopic (exact) mass is 463 g/mol. The van der Waals surface area contributed by atoms with Crippen molar-refractivity contribution in [2.24, 2.45) is 17.3 Å². The number of rotatable bonds is 3. The Morgan fingerprint density at radius 2 is 1.85 bits per heavy atom. The summed E-state index contributed by atoms with van der Waals surface area (Å²) in [5.74, 6) is -0.724. The average Bonchev–Trinajstić information content (AvgIpc) is 3.09. The number of aliphatic carboxylic acids is 1. The molecule has 9 heteroatoms. The molecule has 33 heavy (non-hydrogen) atoms. The Morgan fingerprint density at radius 1 is 1.09 bits per heavy atom. The normalized spacial score (nSPS) is 44.5. The molecule has 3 aliphatic carbocycles. The first-order valence-electron chi connectivity index (χ1n) is 11.7. The van der Waals surface area contributed by atoms with Crippen molar-refractivity contribution < 1.29 is 44.9 Å². The van der Waals surface area contributed by atoms with E-state index in [1.54, 1.807) is 0 Å². The summed E-state index contributed by atoms with van der Waals surface area (Å²) in [5.41, 5.74) is 1.76. The number of benzene rings is 1. The first-order valence-corrected chi connectivity index (χ1v) is 11.7. The molecule has 1 heterocycles. The number of ether oxygens (including phenoxy) is 2. The quantitative estimate of drug-likeness (QED) is 0.400. The minimum absolute atomic E-state index is 0.0637. The molecule has 9 nitrogen and oxygen atoms in total. The van der Waals surface area contributed by atoms with Gasteiger partial charge in [-0.3, -0.25) is 0 Å². The fraction of sp³-hybridized carbons (Fsp3) is 0.708. The zero-order valence-electron chi connectivity index (χ0n) is 18.5. The number of hydrogen-bond donors (Lipinski definition) is 5. The summed E-state index contributed by atoms with van der Waals surface area (Å²) < 4.78 is 11.0. The van der Waals surface area contributed by atoms with Crippen LogP contribution in [-0.2, 0) is 16.0 Å². The molecular weight excluding hydrogens is 432 g/mol. The minimum atomic E-state index is -1.88. The number of carbonyl (C=O) groups is 1. The zero-order valence-corrected chi connectivity index (χ0v) is 18.5. The molecule has 3 fully saturated rings. The van der Waals surface area contributed by atoms with Crippen molar-refractivity contribution in [2.45, 2.75) is 88.2 Å². The number of carboxylic acids is 1. The van der Waals surface area contributed by atoms with Crippen LogP contribution in [0, 0.1) is 17.3 Å². The summed E-state index contributed by atoms with van der Waals surface area (Å²) in [7, 11) is 0. The fourth-order valence-electron chi connectivity index (χ4n) is 6.98. The number of aliphatic hydroxyl groups is 4. The maximum Gasteiger partial charge on any atom is 0.229 e. The fourth-order valence-corrected chi connectivity index (χ4v) is 6.98. The Morgan fingerprint density at radius 3 is 2.58 bits per heavy atom. The van der Waals surface area contributed by atoms with Crippen molar-refractivity contribution in [3.63, 3.8) is 0 Å². The summed E-state index contributed by atoms with van der Waals surface area (Å²) >= 11 is 0.